The van der Waals surface area contributed by atoms with E-state index in [1.807, 2.05) is 20.8 Å². The normalized spacial score (nSPS) is 36.6. The summed E-state index contributed by atoms with van der Waals surface area (Å²) in [6.45, 7) is 9.61. The van der Waals surface area contributed by atoms with Crippen molar-refractivity contribution in [2.24, 2.45) is 17.1 Å². The van der Waals surface area contributed by atoms with Crippen LogP contribution in [0.15, 0.2) is 0 Å². The summed E-state index contributed by atoms with van der Waals surface area (Å²) in [4.78, 5) is 14.7. The number of carbonyl (C=O) groups excluding carboxylic acids is 1. The lowest BCUT2D eigenvalue weighted by Crippen LogP contribution is -2.75. The van der Waals surface area contributed by atoms with E-state index in [1.165, 1.54) is 0 Å². The quantitative estimate of drug-likeness (QED) is 0.775. The first-order chi connectivity index (χ1) is 9.31. The minimum Gasteiger partial charge on any atom is -0.378 e. The van der Waals surface area contributed by atoms with Gasteiger partial charge in [0.2, 0.25) is 5.91 Å². The van der Waals surface area contributed by atoms with Crippen LogP contribution in [0.4, 0.5) is 0 Å². The number of hydrogen-bond acceptors (Lipinski definition) is 4. The number of carbonyl (C=O) groups is 1. The lowest BCUT2D eigenvalue weighted by Gasteiger charge is -2.57. The first kappa shape index (κ1) is 15.7. The molecule has 0 aromatic rings. The molecule has 1 saturated carbocycles. The number of nitrogens with one attached hydrogen (secondary N) is 1. The van der Waals surface area contributed by atoms with Gasteiger partial charge in [-0.1, -0.05) is 13.8 Å². The van der Waals surface area contributed by atoms with E-state index in [4.69, 9.17) is 10.5 Å². The molecule has 1 aliphatic heterocycles. The second-order valence-corrected chi connectivity index (χ2v) is 6.97. The molecule has 2 fully saturated rings. The van der Waals surface area contributed by atoms with E-state index in [1.54, 1.807) is 0 Å². The zero-order valence-corrected chi connectivity index (χ0v) is 13.2. The number of ether oxygens (including phenoxy) is 1. The van der Waals surface area contributed by atoms with Gasteiger partial charge in [-0.15, -0.1) is 0 Å². The Hall–Kier alpha value is -0.650. The molecular weight excluding hydrogens is 254 g/mol. The van der Waals surface area contributed by atoms with Crippen molar-refractivity contribution in [1.82, 2.24) is 10.2 Å². The summed E-state index contributed by atoms with van der Waals surface area (Å²) >= 11 is 0. The Morgan fingerprint density at radius 3 is 2.70 bits per heavy atom. The van der Waals surface area contributed by atoms with Gasteiger partial charge in [0.15, 0.2) is 0 Å². The summed E-state index contributed by atoms with van der Waals surface area (Å²) in [5.41, 5.74) is 5.25. The zero-order chi connectivity index (χ0) is 15.0. The van der Waals surface area contributed by atoms with Gasteiger partial charge in [-0.2, -0.15) is 0 Å². The number of likely N-dealkylation sites (tertiary alicyclic amines) is 1. The Kier molecular flexibility index (Phi) is 4.42. The van der Waals surface area contributed by atoms with Gasteiger partial charge >= 0.3 is 0 Å². The van der Waals surface area contributed by atoms with Crippen LogP contribution >= 0.6 is 0 Å². The highest BCUT2D eigenvalue weighted by molar-refractivity contribution is 5.88. The standard InChI is InChI=1S/C15H29N3O2/c1-5-20-12-8-15(16,14(12,2)3)13(19)17-9-11-6-7-18(4)10-11/h11-12H,5-10,16H2,1-4H3,(H,17,19). The smallest absolute Gasteiger partial charge is 0.240 e. The van der Waals surface area contributed by atoms with E-state index in [2.05, 4.69) is 17.3 Å². The molecule has 0 aromatic carbocycles. The molecule has 0 spiro atoms. The van der Waals surface area contributed by atoms with Gasteiger partial charge in [0, 0.05) is 31.5 Å². The highest BCUT2D eigenvalue weighted by Gasteiger charge is 2.62. The van der Waals surface area contributed by atoms with Crippen LogP contribution in [-0.4, -0.2) is 55.7 Å². The third kappa shape index (κ3) is 2.59. The maximum Gasteiger partial charge on any atom is 0.240 e. The second kappa shape index (κ2) is 5.62. The number of hydrogen-bond donors (Lipinski definition) is 2. The lowest BCUT2D eigenvalue weighted by molar-refractivity contribution is -0.170. The topological polar surface area (TPSA) is 67.6 Å². The Balaban J connectivity index is 1.86. The van der Waals surface area contributed by atoms with Gasteiger partial charge in [0.25, 0.3) is 0 Å². The predicted molar refractivity (Wildman–Crippen MR) is 79.3 cm³/mol. The average Bonchev–Trinajstić information content (AvgIpc) is 2.81. The molecule has 5 heteroatoms. The fourth-order valence-electron chi connectivity index (χ4n) is 3.41. The number of nitrogens with zero attached hydrogens (tertiary/aromatic N) is 1. The summed E-state index contributed by atoms with van der Waals surface area (Å²) < 4.78 is 5.66. The van der Waals surface area contributed by atoms with Gasteiger partial charge in [0.05, 0.1) is 6.10 Å². The largest absolute Gasteiger partial charge is 0.378 e. The van der Waals surface area contributed by atoms with Gasteiger partial charge in [-0.25, -0.2) is 0 Å². The van der Waals surface area contributed by atoms with E-state index in [-0.39, 0.29) is 17.4 Å². The minimum atomic E-state index is -0.794. The maximum atomic E-state index is 12.4. The minimum absolute atomic E-state index is 0.0204. The molecule has 1 amide bonds. The van der Waals surface area contributed by atoms with Crippen molar-refractivity contribution in [3.63, 3.8) is 0 Å². The Bertz CT molecular complexity index is 372. The van der Waals surface area contributed by atoms with E-state index in [0.717, 1.165) is 26.1 Å². The number of rotatable bonds is 5. The van der Waals surface area contributed by atoms with Crippen molar-refractivity contribution in [3.8, 4) is 0 Å². The monoisotopic (exact) mass is 283 g/mol. The van der Waals surface area contributed by atoms with Crippen LogP contribution in [0.25, 0.3) is 0 Å². The fourth-order valence-corrected chi connectivity index (χ4v) is 3.41. The van der Waals surface area contributed by atoms with Crippen LogP contribution in [0, 0.1) is 11.3 Å². The first-order valence-corrected chi connectivity index (χ1v) is 7.68. The molecule has 3 unspecified atom stereocenters. The van der Waals surface area contributed by atoms with E-state index < -0.39 is 5.54 Å². The molecule has 0 aromatic heterocycles. The summed E-state index contributed by atoms with van der Waals surface area (Å²) in [7, 11) is 2.12. The Morgan fingerprint density at radius 1 is 1.50 bits per heavy atom. The van der Waals surface area contributed by atoms with Crippen LogP contribution in [0.5, 0.6) is 0 Å². The molecule has 20 heavy (non-hydrogen) atoms. The van der Waals surface area contributed by atoms with Crippen molar-refractivity contribution in [3.05, 3.63) is 0 Å². The van der Waals surface area contributed by atoms with Gasteiger partial charge < -0.3 is 20.7 Å². The summed E-state index contributed by atoms with van der Waals surface area (Å²) in [5, 5.41) is 3.06. The van der Waals surface area contributed by atoms with Crippen molar-refractivity contribution in [2.45, 2.75) is 45.3 Å². The van der Waals surface area contributed by atoms with Gasteiger partial charge in [-0.3, -0.25) is 4.79 Å². The van der Waals surface area contributed by atoms with Crippen molar-refractivity contribution >= 4 is 5.91 Å². The molecule has 116 valence electrons. The zero-order valence-electron chi connectivity index (χ0n) is 13.2. The van der Waals surface area contributed by atoms with Crippen molar-refractivity contribution < 1.29 is 9.53 Å². The number of amides is 1. The molecule has 2 aliphatic rings. The average molecular weight is 283 g/mol. The maximum absolute atomic E-state index is 12.4. The summed E-state index contributed by atoms with van der Waals surface area (Å²) in [5.74, 6) is 0.534. The molecule has 2 rings (SSSR count). The summed E-state index contributed by atoms with van der Waals surface area (Å²) in [6.07, 6.45) is 1.85. The lowest BCUT2D eigenvalue weighted by atomic mass is 9.54. The Morgan fingerprint density at radius 2 is 2.20 bits per heavy atom. The first-order valence-electron chi connectivity index (χ1n) is 7.68. The second-order valence-electron chi connectivity index (χ2n) is 6.97. The molecule has 3 N–H and O–H groups in total. The van der Waals surface area contributed by atoms with Crippen LogP contribution in [0.1, 0.15) is 33.6 Å². The van der Waals surface area contributed by atoms with Crippen LogP contribution in [-0.2, 0) is 9.53 Å². The van der Waals surface area contributed by atoms with Crippen molar-refractivity contribution in [1.29, 1.82) is 0 Å². The third-order valence-corrected chi connectivity index (χ3v) is 5.28. The molecule has 5 nitrogen and oxygen atoms in total. The highest BCUT2D eigenvalue weighted by Crippen LogP contribution is 2.49. The molecule has 3 atom stereocenters. The third-order valence-electron chi connectivity index (χ3n) is 5.28. The van der Waals surface area contributed by atoms with Crippen LogP contribution < -0.4 is 11.1 Å². The van der Waals surface area contributed by atoms with Crippen LogP contribution in [0.3, 0.4) is 0 Å². The highest BCUT2D eigenvalue weighted by atomic mass is 16.5. The van der Waals surface area contributed by atoms with Crippen LogP contribution in [0.2, 0.25) is 0 Å². The Labute approximate surface area is 122 Å². The molecular formula is C15H29N3O2. The van der Waals surface area contributed by atoms with E-state index in [0.29, 0.717) is 18.9 Å². The number of nitrogens with two attached hydrogens (primary N) is 1. The summed E-state index contributed by atoms with van der Waals surface area (Å²) in [6, 6.07) is 0. The van der Waals surface area contributed by atoms with E-state index in [9.17, 15) is 4.79 Å². The molecule has 1 aliphatic carbocycles. The molecule has 1 heterocycles. The van der Waals surface area contributed by atoms with Gasteiger partial charge in [-0.05, 0) is 32.9 Å². The van der Waals surface area contributed by atoms with Gasteiger partial charge in [0.1, 0.15) is 5.54 Å². The molecule has 0 bridgehead atoms. The van der Waals surface area contributed by atoms with Crippen molar-refractivity contribution in [2.75, 3.05) is 33.3 Å². The predicted octanol–water partition coefficient (Wildman–Crippen LogP) is 0.587. The van der Waals surface area contributed by atoms with E-state index >= 15 is 0 Å². The molecule has 0 radical (unpaired) electrons. The molecule has 1 saturated heterocycles. The SMILES string of the molecule is CCOC1CC(N)(C(=O)NCC2CCN(C)C2)C1(C)C. The fraction of sp³-hybridized carbons (Fsp3) is 0.933.